The van der Waals surface area contributed by atoms with E-state index >= 15 is 0 Å². The number of hydrogen-bond acceptors (Lipinski definition) is 3. The Kier molecular flexibility index (Phi) is 4.32. The van der Waals surface area contributed by atoms with Gasteiger partial charge in [0.15, 0.2) is 6.20 Å². The van der Waals surface area contributed by atoms with Crippen molar-refractivity contribution < 1.29 is 9.52 Å². The van der Waals surface area contributed by atoms with E-state index in [9.17, 15) is 10.0 Å². The first-order valence-corrected chi connectivity index (χ1v) is 7.66. The predicted octanol–water partition coefficient (Wildman–Crippen LogP) is 2.47. The first kappa shape index (κ1) is 14.5. The molecule has 0 N–H and O–H groups in total. The van der Waals surface area contributed by atoms with Crippen LogP contribution >= 0.6 is 0 Å². The molecule has 0 aliphatic carbocycles. The van der Waals surface area contributed by atoms with Crippen LogP contribution in [0.4, 0.5) is 0 Å². The van der Waals surface area contributed by atoms with Crippen molar-refractivity contribution in [3.8, 4) is 0 Å². The summed E-state index contributed by atoms with van der Waals surface area (Å²) in [6, 6.07) is 8.86. The van der Waals surface area contributed by atoms with Crippen LogP contribution in [0.5, 0.6) is 0 Å². The van der Waals surface area contributed by atoms with Crippen LogP contribution in [-0.4, -0.2) is 22.3 Å². The van der Waals surface area contributed by atoms with Crippen LogP contribution in [-0.2, 0) is 0 Å². The van der Waals surface area contributed by atoms with Crippen molar-refractivity contribution in [2.24, 2.45) is 0 Å². The van der Waals surface area contributed by atoms with Gasteiger partial charge in [-0.2, -0.15) is 4.73 Å². The zero-order valence-electron chi connectivity index (χ0n) is 12.4. The summed E-state index contributed by atoms with van der Waals surface area (Å²) in [6.45, 7) is 0.681. The second-order valence-corrected chi connectivity index (χ2v) is 5.56. The molecule has 1 aliphatic heterocycles. The monoisotopic (exact) mass is 297 g/mol. The number of likely N-dealkylation sites (tertiary alicyclic amines) is 1. The lowest BCUT2D eigenvalue weighted by molar-refractivity contribution is -0.608. The van der Waals surface area contributed by atoms with E-state index in [0.717, 1.165) is 31.2 Å². The van der Waals surface area contributed by atoms with E-state index in [1.165, 1.54) is 6.20 Å². The number of hydrogen-bond donors (Lipinski definition) is 0. The van der Waals surface area contributed by atoms with Crippen LogP contribution in [0.1, 0.15) is 47.8 Å². The average Bonchev–Trinajstić information content (AvgIpc) is 2.81. The summed E-state index contributed by atoms with van der Waals surface area (Å²) in [4.78, 5) is 18.7. The summed E-state index contributed by atoms with van der Waals surface area (Å²) in [5.74, 6) is -0.195. The summed E-state index contributed by atoms with van der Waals surface area (Å²) in [6.07, 6.45) is 8.95. The van der Waals surface area contributed by atoms with Crippen molar-refractivity contribution >= 4 is 5.91 Å². The SMILES string of the molecule is O=C(c1cccc[n+]1[O-])N1CCCCCC1c1ccncc1. The van der Waals surface area contributed by atoms with Crippen molar-refractivity contribution in [3.05, 3.63) is 65.4 Å². The van der Waals surface area contributed by atoms with Crippen LogP contribution in [0.25, 0.3) is 0 Å². The molecule has 1 amide bonds. The van der Waals surface area contributed by atoms with Gasteiger partial charge in [0.05, 0.1) is 6.04 Å². The Morgan fingerprint density at radius 2 is 2.00 bits per heavy atom. The van der Waals surface area contributed by atoms with Crippen LogP contribution in [0.15, 0.2) is 48.9 Å². The Morgan fingerprint density at radius 1 is 1.18 bits per heavy atom. The number of rotatable bonds is 2. The molecule has 22 heavy (non-hydrogen) atoms. The number of pyridine rings is 2. The molecule has 5 nitrogen and oxygen atoms in total. The van der Waals surface area contributed by atoms with Crippen molar-refractivity contribution in [1.82, 2.24) is 9.88 Å². The summed E-state index contributed by atoms with van der Waals surface area (Å²) in [5, 5.41) is 11.9. The lowest BCUT2D eigenvalue weighted by atomic mass is 10.0. The summed E-state index contributed by atoms with van der Waals surface area (Å²) < 4.78 is 0.650. The third kappa shape index (κ3) is 2.93. The number of carbonyl (C=O) groups is 1. The number of aromatic nitrogens is 2. The molecule has 1 aliphatic rings. The Balaban J connectivity index is 1.94. The Hall–Kier alpha value is -2.43. The molecular formula is C17H19N3O2. The molecule has 3 rings (SSSR count). The molecule has 0 spiro atoms. The Bertz CT molecular complexity index is 645. The Labute approximate surface area is 129 Å². The van der Waals surface area contributed by atoms with Gasteiger partial charge in [0.25, 0.3) is 5.69 Å². The summed E-state index contributed by atoms with van der Waals surface area (Å²) in [7, 11) is 0. The minimum atomic E-state index is -0.195. The summed E-state index contributed by atoms with van der Waals surface area (Å²) in [5.41, 5.74) is 1.27. The molecule has 2 aromatic heterocycles. The lowest BCUT2D eigenvalue weighted by Gasteiger charge is -2.29. The molecule has 1 fully saturated rings. The van der Waals surface area contributed by atoms with Gasteiger partial charge in [-0.05, 0) is 36.6 Å². The highest BCUT2D eigenvalue weighted by Gasteiger charge is 2.31. The van der Waals surface area contributed by atoms with E-state index in [0.29, 0.717) is 11.3 Å². The normalized spacial score (nSPS) is 18.7. The highest BCUT2D eigenvalue weighted by atomic mass is 16.5. The smallest absolute Gasteiger partial charge is 0.320 e. The second kappa shape index (κ2) is 6.56. The van der Waals surface area contributed by atoms with Gasteiger partial charge in [-0.15, -0.1) is 0 Å². The quantitative estimate of drug-likeness (QED) is 0.632. The first-order chi connectivity index (χ1) is 10.8. The van der Waals surface area contributed by atoms with Gasteiger partial charge in [-0.1, -0.05) is 12.8 Å². The fraction of sp³-hybridized carbons (Fsp3) is 0.353. The molecule has 1 atom stereocenters. The van der Waals surface area contributed by atoms with Crippen LogP contribution in [0, 0.1) is 5.21 Å². The fourth-order valence-corrected chi connectivity index (χ4v) is 3.02. The molecule has 3 heterocycles. The van der Waals surface area contributed by atoms with E-state index < -0.39 is 0 Å². The van der Waals surface area contributed by atoms with Gasteiger partial charge in [-0.3, -0.25) is 9.78 Å². The minimum absolute atomic E-state index is 0.0122. The van der Waals surface area contributed by atoms with Gasteiger partial charge < -0.3 is 10.1 Å². The van der Waals surface area contributed by atoms with Gasteiger partial charge >= 0.3 is 5.91 Å². The van der Waals surface area contributed by atoms with E-state index in [2.05, 4.69) is 4.98 Å². The fourth-order valence-electron chi connectivity index (χ4n) is 3.02. The zero-order chi connectivity index (χ0) is 15.4. The predicted molar refractivity (Wildman–Crippen MR) is 81.9 cm³/mol. The molecule has 114 valence electrons. The first-order valence-electron chi connectivity index (χ1n) is 7.66. The largest absolute Gasteiger partial charge is 0.618 e. The Morgan fingerprint density at radius 3 is 2.77 bits per heavy atom. The van der Waals surface area contributed by atoms with Crippen molar-refractivity contribution in [1.29, 1.82) is 0 Å². The number of amides is 1. The van der Waals surface area contributed by atoms with Crippen molar-refractivity contribution in [2.45, 2.75) is 31.7 Å². The van der Waals surface area contributed by atoms with E-state index in [1.807, 2.05) is 17.0 Å². The molecule has 0 radical (unpaired) electrons. The van der Waals surface area contributed by atoms with Gasteiger partial charge in [0, 0.05) is 31.1 Å². The lowest BCUT2D eigenvalue weighted by Crippen LogP contribution is -2.43. The van der Waals surface area contributed by atoms with Crippen LogP contribution < -0.4 is 4.73 Å². The van der Waals surface area contributed by atoms with Gasteiger partial charge in [0.2, 0.25) is 0 Å². The third-order valence-electron chi connectivity index (χ3n) is 4.15. The average molecular weight is 297 g/mol. The van der Waals surface area contributed by atoms with Gasteiger partial charge in [-0.25, -0.2) is 0 Å². The molecular weight excluding hydrogens is 278 g/mol. The van der Waals surface area contributed by atoms with E-state index in [-0.39, 0.29) is 17.6 Å². The molecule has 2 aromatic rings. The maximum atomic E-state index is 12.8. The zero-order valence-corrected chi connectivity index (χ0v) is 12.4. The number of carbonyl (C=O) groups excluding carboxylic acids is 1. The maximum absolute atomic E-state index is 12.8. The molecule has 1 saturated heterocycles. The van der Waals surface area contributed by atoms with Crippen LogP contribution in [0.3, 0.4) is 0 Å². The van der Waals surface area contributed by atoms with Crippen molar-refractivity contribution in [3.63, 3.8) is 0 Å². The maximum Gasteiger partial charge on any atom is 0.320 e. The van der Waals surface area contributed by atoms with E-state index in [1.54, 1.807) is 30.6 Å². The van der Waals surface area contributed by atoms with E-state index in [4.69, 9.17) is 0 Å². The number of nitrogens with zero attached hydrogens (tertiary/aromatic N) is 3. The molecule has 1 unspecified atom stereocenters. The van der Waals surface area contributed by atoms with Crippen molar-refractivity contribution in [2.75, 3.05) is 6.54 Å². The standard InChI is InChI=1S/C17H19N3O2/c21-17(16-7-3-5-13-20(16)22)19-12-4-1-2-6-15(19)14-8-10-18-11-9-14/h3,5,7-11,13,15H,1-2,4,6,12H2. The third-order valence-corrected chi connectivity index (χ3v) is 4.15. The van der Waals surface area contributed by atoms with Crippen LogP contribution in [0.2, 0.25) is 0 Å². The minimum Gasteiger partial charge on any atom is -0.618 e. The topological polar surface area (TPSA) is 60.1 Å². The molecule has 5 heteroatoms. The second-order valence-electron chi connectivity index (χ2n) is 5.56. The summed E-state index contributed by atoms with van der Waals surface area (Å²) >= 11 is 0. The molecule has 0 saturated carbocycles. The molecule has 0 bridgehead atoms. The highest BCUT2D eigenvalue weighted by Crippen LogP contribution is 2.30. The molecule has 0 aromatic carbocycles. The highest BCUT2D eigenvalue weighted by molar-refractivity contribution is 5.91. The van der Waals surface area contributed by atoms with Gasteiger partial charge in [0.1, 0.15) is 0 Å².